The molecule has 1 N–H and O–H groups in total. The second-order valence-electron chi connectivity index (χ2n) is 4.98. The molecule has 0 spiro atoms. The van der Waals surface area contributed by atoms with E-state index in [1.807, 2.05) is 23.9 Å². The van der Waals surface area contributed by atoms with Crippen molar-refractivity contribution in [1.29, 1.82) is 0 Å². The second kappa shape index (κ2) is 4.77. The number of hydrogen-bond acceptors (Lipinski definition) is 3. The molecule has 2 aromatic rings. The predicted molar refractivity (Wildman–Crippen MR) is 75.6 cm³/mol. The van der Waals surface area contributed by atoms with Gasteiger partial charge in [-0.05, 0) is 37.2 Å². The van der Waals surface area contributed by atoms with Gasteiger partial charge in [0.15, 0.2) is 10.6 Å². The summed E-state index contributed by atoms with van der Waals surface area (Å²) in [6, 6.07) is 4.05. The van der Waals surface area contributed by atoms with Gasteiger partial charge in [-0.25, -0.2) is 0 Å². The zero-order chi connectivity index (χ0) is 13.4. The van der Waals surface area contributed by atoms with E-state index < -0.39 is 0 Å². The number of nitrogens with zero attached hydrogens (tertiary/aromatic N) is 3. The van der Waals surface area contributed by atoms with E-state index in [1.165, 1.54) is 12.8 Å². The van der Waals surface area contributed by atoms with Gasteiger partial charge in [-0.1, -0.05) is 12.8 Å². The Morgan fingerprint density at radius 3 is 2.79 bits per heavy atom. The van der Waals surface area contributed by atoms with Crippen LogP contribution in [0.3, 0.4) is 0 Å². The van der Waals surface area contributed by atoms with Gasteiger partial charge in [-0.15, -0.1) is 0 Å². The van der Waals surface area contributed by atoms with E-state index in [4.69, 9.17) is 12.2 Å². The number of pyridine rings is 1. The normalized spacial score (nSPS) is 16.1. The van der Waals surface area contributed by atoms with Gasteiger partial charge in [0.2, 0.25) is 0 Å². The Morgan fingerprint density at radius 1 is 1.42 bits per heavy atom. The molecule has 1 fully saturated rings. The average Bonchev–Trinajstić information content (AvgIpc) is 3.03. The standard InChI is InChI=1S/C13H16N4OS/c1-16-11(14-15-13(16)19)10-7-4-8-17(12(10)18)9-5-2-3-6-9/h4,7-9H,2-3,5-6H2,1H3,(H,15,19). The Hall–Kier alpha value is -1.69. The van der Waals surface area contributed by atoms with E-state index in [1.54, 1.807) is 10.6 Å². The van der Waals surface area contributed by atoms with Crippen molar-refractivity contribution in [3.05, 3.63) is 33.5 Å². The monoisotopic (exact) mass is 276 g/mol. The van der Waals surface area contributed by atoms with Crippen LogP contribution in [0.1, 0.15) is 31.7 Å². The Balaban J connectivity index is 2.13. The third kappa shape index (κ3) is 2.06. The lowest BCUT2D eigenvalue weighted by molar-refractivity contribution is 0.503. The number of nitrogens with one attached hydrogen (secondary N) is 1. The van der Waals surface area contributed by atoms with Crippen LogP contribution in [0.15, 0.2) is 23.1 Å². The van der Waals surface area contributed by atoms with Crippen LogP contribution in [0.5, 0.6) is 0 Å². The minimum atomic E-state index is 0.0199. The quantitative estimate of drug-likeness (QED) is 0.857. The highest BCUT2D eigenvalue weighted by Crippen LogP contribution is 2.28. The van der Waals surface area contributed by atoms with Gasteiger partial charge in [-0.3, -0.25) is 9.89 Å². The topological polar surface area (TPSA) is 55.6 Å². The molecule has 1 aliphatic carbocycles. The molecular formula is C13H16N4OS. The van der Waals surface area contributed by atoms with E-state index in [0.717, 1.165) is 12.8 Å². The third-order valence-electron chi connectivity index (χ3n) is 3.81. The van der Waals surface area contributed by atoms with Gasteiger partial charge in [-0.2, -0.15) is 5.10 Å². The molecule has 2 heterocycles. The number of aromatic nitrogens is 4. The van der Waals surface area contributed by atoms with Crippen molar-refractivity contribution in [2.24, 2.45) is 7.05 Å². The van der Waals surface area contributed by atoms with Crippen LogP contribution < -0.4 is 5.56 Å². The van der Waals surface area contributed by atoms with Crippen LogP contribution in [-0.4, -0.2) is 19.3 Å². The highest BCUT2D eigenvalue weighted by Gasteiger charge is 2.20. The summed E-state index contributed by atoms with van der Waals surface area (Å²) < 4.78 is 4.09. The Labute approximate surface area is 115 Å². The number of rotatable bonds is 2. The molecule has 6 heteroatoms. The summed E-state index contributed by atoms with van der Waals surface area (Å²) in [5, 5.41) is 6.87. The van der Waals surface area contributed by atoms with E-state index in [9.17, 15) is 4.79 Å². The summed E-state index contributed by atoms with van der Waals surface area (Å²) in [6.07, 6.45) is 6.45. The molecule has 0 aliphatic heterocycles. The molecule has 0 aromatic carbocycles. The van der Waals surface area contributed by atoms with Gasteiger partial charge in [0.05, 0.1) is 5.56 Å². The van der Waals surface area contributed by atoms with Crippen LogP contribution in [0.2, 0.25) is 0 Å². The van der Waals surface area contributed by atoms with E-state index in [-0.39, 0.29) is 5.56 Å². The van der Waals surface area contributed by atoms with Crippen molar-refractivity contribution >= 4 is 12.2 Å². The molecule has 0 atom stereocenters. The minimum Gasteiger partial charge on any atom is -0.312 e. The third-order valence-corrected chi connectivity index (χ3v) is 4.18. The Kier molecular flexibility index (Phi) is 3.10. The van der Waals surface area contributed by atoms with Crippen LogP contribution in [-0.2, 0) is 7.05 Å². The fraction of sp³-hybridized carbons (Fsp3) is 0.462. The molecule has 2 aromatic heterocycles. The first kappa shape index (κ1) is 12.3. The molecule has 0 radical (unpaired) electrons. The van der Waals surface area contributed by atoms with Crippen LogP contribution in [0.4, 0.5) is 0 Å². The van der Waals surface area contributed by atoms with Crippen molar-refractivity contribution in [2.75, 3.05) is 0 Å². The van der Waals surface area contributed by atoms with Crippen LogP contribution >= 0.6 is 12.2 Å². The molecule has 3 rings (SSSR count). The van der Waals surface area contributed by atoms with Gasteiger partial charge < -0.3 is 9.13 Å². The predicted octanol–water partition coefficient (Wildman–Crippen LogP) is 2.42. The lowest BCUT2D eigenvalue weighted by atomic mass is 10.2. The first-order valence-corrected chi connectivity index (χ1v) is 6.92. The lowest BCUT2D eigenvalue weighted by Gasteiger charge is -2.14. The molecule has 0 amide bonds. The Morgan fingerprint density at radius 2 is 2.16 bits per heavy atom. The van der Waals surface area contributed by atoms with E-state index in [2.05, 4.69) is 10.2 Å². The maximum Gasteiger partial charge on any atom is 0.261 e. The number of hydrogen-bond donors (Lipinski definition) is 1. The van der Waals surface area contributed by atoms with E-state index in [0.29, 0.717) is 22.2 Å². The maximum atomic E-state index is 12.6. The van der Waals surface area contributed by atoms with Gasteiger partial charge in [0, 0.05) is 19.3 Å². The van der Waals surface area contributed by atoms with Gasteiger partial charge >= 0.3 is 0 Å². The van der Waals surface area contributed by atoms with Crippen molar-refractivity contribution < 1.29 is 0 Å². The average molecular weight is 276 g/mol. The summed E-state index contributed by atoms with van der Waals surface area (Å²) in [5.41, 5.74) is 0.621. The molecule has 0 bridgehead atoms. The first-order valence-electron chi connectivity index (χ1n) is 6.51. The Bertz CT molecular complexity index is 706. The van der Waals surface area contributed by atoms with Crippen molar-refractivity contribution in [1.82, 2.24) is 19.3 Å². The maximum absolute atomic E-state index is 12.6. The number of aromatic amines is 1. The van der Waals surface area contributed by atoms with Crippen LogP contribution in [0.25, 0.3) is 11.4 Å². The molecule has 19 heavy (non-hydrogen) atoms. The van der Waals surface area contributed by atoms with E-state index >= 15 is 0 Å². The molecule has 0 unspecified atom stereocenters. The summed E-state index contributed by atoms with van der Waals surface area (Å²) in [4.78, 5) is 12.6. The zero-order valence-corrected chi connectivity index (χ0v) is 11.6. The molecule has 5 nitrogen and oxygen atoms in total. The largest absolute Gasteiger partial charge is 0.312 e. The molecule has 1 saturated carbocycles. The van der Waals surface area contributed by atoms with Gasteiger partial charge in [0.1, 0.15) is 0 Å². The van der Waals surface area contributed by atoms with Crippen molar-refractivity contribution in [2.45, 2.75) is 31.7 Å². The van der Waals surface area contributed by atoms with Crippen LogP contribution in [0, 0.1) is 4.77 Å². The summed E-state index contributed by atoms with van der Waals surface area (Å²) in [5.74, 6) is 0.599. The molecule has 100 valence electrons. The highest BCUT2D eigenvalue weighted by molar-refractivity contribution is 7.71. The fourth-order valence-corrected chi connectivity index (χ4v) is 2.87. The summed E-state index contributed by atoms with van der Waals surface area (Å²) >= 11 is 5.09. The minimum absolute atomic E-state index is 0.0199. The fourth-order valence-electron chi connectivity index (χ4n) is 2.74. The molecular weight excluding hydrogens is 260 g/mol. The molecule has 0 saturated heterocycles. The highest BCUT2D eigenvalue weighted by atomic mass is 32.1. The lowest BCUT2D eigenvalue weighted by Crippen LogP contribution is -2.24. The molecule has 1 aliphatic rings. The van der Waals surface area contributed by atoms with Crippen molar-refractivity contribution in [3.8, 4) is 11.4 Å². The first-order chi connectivity index (χ1) is 9.18. The smallest absolute Gasteiger partial charge is 0.261 e. The second-order valence-corrected chi connectivity index (χ2v) is 5.37. The zero-order valence-electron chi connectivity index (χ0n) is 10.8. The van der Waals surface area contributed by atoms with Gasteiger partial charge in [0.25, 0.3) is 5.56 Å². The SMILES string of the molecule is Cn1c(-c2cccn(C3CCCC3)c2=O)n[nH]c1=S. The summed E-state index contributed by atoms with van der Waals surface area (Å²) in [7, 11) is 1.81. The van der Waals surface area contributed by atoms with Crippen molar-refractivity contribution in [3.63, 3.8) is 0 Å². The summed E-state index contributed by atoms with van der Waals surface area (Å²) in [6.45, 7) is 0. The number of H-pyrrole nitrogens is 1.